The van der Waals surface area contributed by atoms with Crippen LogP contribution in [0.4, 0.5) is 45.6 Å². The van der Waals surface area contributed by atoms with E-state index in [1.165, 1.54) is 18.2 Å². The summed E-state index contributed by atoms with van der Waals surface area (Å²) >= 11 is 6.42. The van der Waals surface area contributed by atoms with E-state index in [0.29, 0.717) is 11.3 Å². The number of amides is 2. The van der Waals surface area contributed by atoms with Crippen LogP contribution in [0.5, 0.6) is 0 Å². The molecule has 0 spiro atoms. The Balaban J connectivity index is 1.23. The largest absolute Gasteiger partial charge is 0.451 e. The van der Waals surface area contributed by atoms with Crippen molar-refractivity contribution in [1.29, 1.82) is 5.41 Å². The SMILES string of the molecule is CC(C)(C)C[C@]1(c2ccc(N3CCn4c(nnc4C(F)(F)F)C3)cc2)NC(=N)N([C@H](COC(=O)NC2(C(F)(F)F)CC2)c2ccc(Cl)c(-n3ncnc3C(F)F)c2)C1=O. The maximum atomic E-state index is 15.0. The molecular formula is C36H36ClF8N11O3. The quantitative estimate of drug-likeness (QED) is 0.142. The van der Waals surface area contributed by atoms with Gasteiger partial charge in [0, 0.05) is 18.8 Å². The molecule has 3 N–H and O–H groups in total. The van der Waals surface area contributed by atoms with Crippen molar-refractivity contribution in [2.24, 2.45) is 5.41 Å². The topological polar surface area (TPSA) is 159 Å². The Morgan fingerprint density at radius 3 is 2.34 bits per heavy atom. The Kier molecular flexibility index (Phi) is 10.3. The molecule has 14 nitrogen and oxygen atoms in total. The van der Waals surface area contributed by atoms with Crippen molar-refractivity contribution in [2.75, 3.05) is 18.1 Å². The minimum Gasteiger partial charge on any atom is -0.447 e. The van der Waals surface area contributed by atoms with Crippen LogP contribution in [0.1, 0.15) is 81.1 Å². The molecule has 4 heterocycles. The first kappa shape index (κ1) is 41.6. The number of hydrogen-bond donors (Lipinski definition) is 3. The molecular weight excluding hydrogens is 822 g/mol. The lowest BCUT2D eigenvalue weighted by atomic mass is 9.75. The molecule has 23 heteroatoms. The summed E-state index contributed by atoms with van der Waals surface area (Å²) in [6.07, 6.45) is -13.7. The Morgan fingerprint density at radius 2 is 1.73 bits per heavy atom. The number of rotatable bonds is 10. The molecule has 1 saturated carbocycles. The second-order valence-electron chi connectivity index (χ2n) is 15.7. The molecule has 2 fully saturated rings. The summed E-state index contributed by atoms with van der Waals surface area (Å²) < 4.78 is 116. The maximum absolute atomic E-state index is 15.0. The van der Waals surface area contributed by atoms with Gasteiger partial charge in [0.2, 0.25) is 5.82 Å². The van der Waals surface area contributed by atoms with Crippen molar-refractivity contribution >= 4 is 35.2 Å². The fourth-order valence-corrected chi connectivity index (χ4v) is 7.67. The molecule has 2 aromatic heterocycles. The molecule has 2 aromatic carbocycles. The summed E-state index contributed by atoms with van der Waals surface area (Å²) in [6.45, 7) is 4.93. The van der Waals surface area contributed by atoms with Gasteiger partial charge in [0.15, 0.2) is 17.6 Å². The first-order valence-electron chi connectivity index (χ1n) is 18.1. The van der Waals surface area contributed by atoms with Crippen LogP contribution in [0.2, 0.25) is 5.02 Å². The number of guanidine groups is 1. The van der Waals surface area contributed by atoms with Crippen molar-refractivity contribution in [1.82, 2.24) is 45.1 Å². The lowest BCUT2D eigenvalue weighted by Crippen LogP contribution is -2.49. The Bertz CT molecular complexity index is 2270. The molecule has 2 aliphatic heterocycles. The zero-order chi connectivity index (χ0) is 42.9. The van der Waals surface area contributed by atoms with Crippen molar-refractivity contribution < 1.29 is 49.4 Å². The lowest BCUT2D eigenvalue weighted by molar-refractivity contribution is -0.164. The Morgan fingerprint density at radius 1 is 1.03 bits per heavy atom. The van der Waals surface area contributed by atoms with E-state index in [2.05, 4.69) is 25.6 Å². The van der Waals surface area contributed by atoms with E-state index in [9.17, 15) is 39.9 Å². The highest BCUT2D eigenvalue weighted by Crippen LogP contribution is 2.49. The molecule has 7 rings (SSSR count). The van der Waals surface area contributed by atoms with Gasteiger partial charge in [0.25, 0.3) is 12.3 Å². The maximum Gasteiger partial charge on any atom is 0.451 e. The van der Waals surface area contributed by atoms with E-state index >= 15 is 4.79 Å². The van der Waals surface area contributed by atoms with E-state index in [1.807, 2.05) is 26.1 Å². The number of alkyl carbamates (subject to hydrolysis) is 1. The number of nitrogens with zero attached hydrogens (tertiary/aromatic N) is 8. The van der Waals surface area contributed by atoms with Gasteiger partial charge in [-0.2, -0.15) is 31.4 Å². The third-order valence-electron chi connectivity index (χ3n) is 10.4. The normalized spacial score (nSPS) is 19.8. The van der Waals surface area contributed by atoms with Crippen LogP contribution < -0.4 is 15.5 Å². The van der Waals surface area contributed by atoms with Crippen LogP contribution in [0, 0.1) is 10.8 Å². The van der Waals surface area contributed by atoms with E-state index in [4.69, 9.17) is 21.7 Å². The number of anilines is 1. The molecule has 4 aromatic rings. The zero-order valence-electron chi connectivity index (χ0n) is 31.4. The van der Waals surface area contributed by atoms with Crippen LogP contribution in [0.15, 0.2) is 48.8 Å². The number of hydrogen-bond acceptors (Lipinski definition) is 9. The molecule has 0 radical (unpaired) electrons. The molecule has 2 atom stereocenters. The third-order valence-corrected chi connectivity index (χ3v) is 10.7. The minimum atomic E-state index is -4.76. The van der Waals surface area contributed by atoms with E-state index in [-0.39, 0.29) is 61.0 Å². The van der Waals surface area contributed by atoms with Gasteiger partial charge in [0.1, 0.15) is 24.0 Å². The standard InChI is InChI=1S/C36H36ClF8N11O3/c1-32(2,3)17-34(20-5-7-21(8-6-20)53-12-13-54-25(15-53)51-52-28(54)35(40,41)42)29(57)55(30(46)49-34)24(16-59-31(58)50-33(10-11-33)36(43,44)45)19-4-9-22(37)23(14-19)56-27(26(38)39)47-18-48-56/h4-9,14,18,24,26H,10-13,15-17H2,1-3H3,(H2,46,49)(H,50,58)/t24-,34-/m1/s1. The second kappa shape index (κ2) is 14.6. The van der Waals surface area contributed by atoms with Gasteiger partial charge in [0.05, 0.1) is 23.3 Å². The third kappa shape index (κ3) is 7.85. The zero-order valence-corrected chi connectivity index (χ0v) is 32.2. The number of benzene rings is 2. The van der Waals surface area contributed by atoms with Crippen LogP contribution in [0.3, 0.4) is 0 Å². The lowest BCUT2D eigenvalue weighted by Gasteiger charge is -2.35. The predicted molar refractivity (Wildman–Crippen MR) is 193 cm³/mol. The highest BCUT2D eigenvalue weighted by molar-refractivity contribution is 6.32. The highest BCUT2D eigenvalue weighted by atomic mass is 35.5. The number of halogens is 9. The van der Waals surface area contributed by atoms with E-state index in [0.717, 1.165) is 20.5 Å². The molecule has 59 heavy (non-hydrogen) atoms. The highest BCUT2D eigenvalue weighted by Gasteiger charge is 2.65. The Hall–Kier alpha value is -5.54. The predicted octanol–water partition coefficient (Wildman–Crippen LogP) is 7.05. The summed E-state index contributed by atoms with van der Waals surface area (Å²) in [7, 11) is 0. The Labute approximate surface area is 335 Å². The average molecular weight is 858 g/mol. The monoisotopic (exact) mass is 857 g/mol. The molecule has 0 bridgehead atoms. The molecule has 1 aliphatic carbocycles. The number of carbonyl (C=O) groups is 2. The summed E-state index contributed by atoms with van der Waals surface area (Å²) in [6, 6.07) is 9.11. The number of ether oxygens (including phenoxy) is 1. The van der Waals surface area contributed by atoms with E-state index in [1.54, 1.807) is 29.2 Å². The number of alkyl halides is 8. The summed E-state index contributed by atoms with van der Waals surface area (Å²) in [5, 5.41) is 24.8. The summed E-state index contributed by atoms with van der Waals surface area (Å²) in [5.74, 6) is -2.94. The molecule has 1 saturated heterocycles. The smallest absolute Gasteiger partial charge is 0.447 e. The summed E-state index contributed by atoms with van der Waals surface area (Å²) in [4.78, 5) is 34.3. The molecule has 316 valence electrons. The number of carbonyl (C=O) groups excluding carboxylic acids is 2. The van der Waals surface area contributed by atoms with Crippen LogP contribution in [-0.2, 0) is 34.3 Å². The van der Waals surface area contributed by atoms with Gasteiger partial charge < -0.3 is 24.8 Å². The van der Waals surface area contributed by atoms with Crippen molar-refractivity contribution in [3.63, 3.8) is 0 Å². The minimum absolute atomic E-state index is 0.0149. The number of fused-ring (bicyclic) bond motifs is 1. The second-order valence-corrected chi connectivity index (χ2v) is 16.1. The average Bonchev–Trinajstić information content (AvgIpc) is 3.46. The molecule has 3 aliphatic rings. The fourth-order valence-electron chi connectivity index (χ4n) is 7.47. The van der Waals surface area contributed by atoms with Crippen molar-refractivity contribution in [3.05, 3.63) is 82.4 Å². The fraction of sp³-hybridized carbons (Fsp3) is 0.472. The van der Waals surface area contributed by atoms with Crippen molar-refractivity contribution in [2.45, 2.75) is 89.0 Å². The summed E-state index contributed by atoms with van der Waals surface area (Å²) in [5.41, 5.74) is -3.79. The number of aromatic nitrogens is 6. The van der Waals surface area contributed by atoms with Gasteiger partial charge in [-0.15, -0.1) is 10.2 Å². The van der Waals surface area contributed by atoms with Gasteiger partial charge in [-0.1, -0.05) is 50.6 Å². The van der Waals surface area contributed by atoms with Crippen molar-refractivity contribution in [3.8, 4) is 5.69 Å². The van der Waals surface area contributed by atoms with Crippen LogP contribution >= 0.6 is 11.6 Å². The van der Waals surface area contributed by atoms with Crippen LogP contribution in [0.25, 0.3) is 5.69 Å². The van der Waals surface area contributed by atoms with Gasteiger partial charge in [-0.25, -0.2) is 23.2 Å². The van der Waals surface area contributed by atoms with E-state index < -0.39 is 77.5 Å². The van der Waals surface area contributed by atoms with Crippen LogP contribution in [-0.4, -0.2) is 77.3 Å². The van der Waals surface area contributed by atoms with Gasteiger partial charge in [-0.05, 0) is 60.1 Å². The molecule has 2 amide bonds. The first-order chi connectivity index (χ1) is 27.5. The van der Waals surface area contributed by atoms with Gasteiger partial charge in [-0.3, -0.25) is 15.1 Å². The molecule has 0 unspecified atom stereocenters. The first-order valence-corrected chi connectivity index (χ1v) is 18.5. The number of nitrogens with one attached hydrogen (secondary N) is 3. The van der Waals surface area contributed by atoms with Gasteiger partial charge >= 0.3 is 18.4 Å².